The molecule has 0 aromatic rings. The van der Waals surface area contributed by atoms with Crippen molar-refractivity contribution in [1.82, 2.24) is 0 Å². The predicted octanol–water partition coefficient (Wildman–Crippen LogP) is 1.56. The van der Waals surface area contributed by atoms with Gasteiger partial charge in [-0.15, -0.1) is 0 Å². The standard InChI is InChI=1S/C10H15NO2/c12-9(8-3-1-2-4-8)7-10-11-5-6-13-10/h8H,1-7H2. The molecule has 3 nitrogen and oxygen atoms in total. The second-order valence-electron chi connectivity index (χ2n) is 3.75. The predicted molar refractivity (Wildman–Crippen MR) is 49.8 cm³/mol. The zero-order valence-electron chi connectivity index (χ0n) is 7.79. The third-order valence-electron chi connectivity index (χ3n) is 2.78. The Balaban J connectivity index is 1.83. The number of ketones is 1. The first-order valence-corrected chi connectivity index (χ1v) is 5.05. The van der Waals surface area contributed by atoms with E-state index in [0.29, 0.717) is 30.6 Å². The summed E-state index contributed by atoms with van der Waals surface area (Å²) >= 11 is 0. The summed E-state index contributed by atoms with van der Waals surface area (Å²) in [7, 11) is 0. The van der Waals surface area contributed by atoms with Crippen molar-refractivity contribution >= 4 is 11.7 Å². The minimum Gasteiger partial charge on any atom is -0.479 e. The highest BCUT2D eigenvalue weighted by molar-refractivity contribution is 5.99. The fourth-order valence-corrected chi connectivity index (χ4v) is 2.03. The zero-order chi connectivity index (χ0) is 9.10. The minimum absolute atomic E-state index is 0.298. The number of ether oxygens (including phenoxy) is 1. The van der Waals surface area contributed by atoms with E-state index in [1.807, 2.05) is 0 Å². The molecule has 0 spiro atoms. The summed E-state index contributed by atoms with van der Waals surface area (Å²) in [4.78, 5) is 15.8. The fraction of sp³-hybridized carbons (Fsp3) is 0.800. The number of carbonyl (C=O) groups is 1. The highest BCUT2D eigenvalue weighted by Gasteiger charge is 2.24. The molecule has 1 heterocycles. The molecule has 1 aliphatic heterocycles. The van der Waals surface area contributed by atoms with Crippen LogP contribution in [-0.4, -0.2) is 24.8 Å². The lowest BCUT2D eigenvalue weighted by atomic mass is 10.0. The number of aliphatic imine (C=N–C) groups is 1. The minimum atomic E-state index is 0.298. The maximum Gasteiger partial charge on any atom is 0.190 e. The van der Waals surface area contributed by atoms with Gasteiger partial charge < -0.3 is 4.74 Å². The lowest BCUT2D eigenvalue weighted by molar-refractivity contribution is -0.121. The second-order valence-corrected chi connectivity index (χ2v) is 3.75. The Morgan fingerprint density at radius 3 is 2.85 bits per heavy atom. The third-order valence-corrected chi connectivity index (χ3v) is 2.78. The molecule has 0 amide bonds. The molecule has 72 valence electrons. The van der Waals surface area contributed by atoms with E-state index in [-0.39, 0.29) is 0 Å². The summed E-state index contributed by atoms with van der Waals surface area (Å²) in [6.07, 6.45) is 5.01. The Kier molecular flexibility index (Phi) is 2.62. The maximum atomic E-state index is 11.6. The summed E-state index contributed by atoms with van der Waals surface area (Å²) in [5.41, 5.74) is 0. The van der Waals surface area contributed by atoms with Gasteiger partial charge in [-0.3, -0.25) is 9.79 Å². The van der Waals surface area contributed by atoms with Crippen LogP contribution in [0, 0.1) is 5.92 Å². The molecule has 2 aliphatic rings. The maximum absolute atomic E-state index is 11.6. The Morgan fingerprint density at radius 2 is 2.23 bits per heavy atom. The van der Waals surface area contributed by atoms with Gasteiger partial charge in [-0.1, -0.05) is 12.8 Å². The van der Waals surface area contributed by atoms with Crippen molar-refractivity contribution in [2.24, 2.45) is 10.9 Å². The largest absolute Gasteiger partial charge is 0.479 e. The van der Waals surface area contributed by atoms with Crippen molar-refractivity contribution in [1.29, 1.82) is 0 Å². The van der Waals surface area contributed by atoms with Crippen LogP contribution in [0.25, 0.3) is 0 Å². The Bertz CT molecular complexity index is 229. The fourth-order valence-electron chi connectivity index (χ4n) is 2.03. The van der Waals surface area contributed by atoms with Gasteiger partial charge in [-0.2, -0.15) is 0 Å². The first-order chi connectivity index (χ1) is 6.36. The summed E-state index contributed by atoms with van der Waals surface area (Å²) in [5.74, 6) is 1.29. The van der Waals surface area contributed by atoms with Crippen LogP contribution in [0.4, 0.5) is 0 Å². The number of hydrogen-bond donors (Lipinski definition) is 0. The number of nitrogens with zero attached hydrogens (tertiary/aromatic N) is 1. The lowest BCUT2D eigenvalue weighted by Gasteiger charge is -2.06. The second kappa shape index (κ2) is 3.90. The average molecular weight is 181 g/mol. The van der Waals surface area contributed by atoms with Crippen molar-refractivity contribution in [3.8, 4) is 0 Å². The SMILES string of the molecule is O=C(CC1=NCCO1)C1CCCC1. The molecule has 0 aromatic carbocycles. The van der Waals surface area contributed by atoms with Crippen LogP contribution in [0.3, 0.4) is 0 Å². The molecular formula is C10H15NO2. The van der Waals surface area contributed by atoms with Crippen molar-refractivity contribution < 1.29 is 9.53 Å². The highest BCUT2D eigenvalue weighted by atomic mass is 16.5. The quantitative estimate of drug-likeness (QED) is 0.662. The molecule has 0 aromatic heterocycles. The molecule has 1 aliphatic carbocycles. The topological polar surface area (TPSA) is 38.7 Å². The van der Waals surface area contributed by atoms with Crippen LogP contribution < -0.4 is 0 Å². The van der Waals surface area contributed by atoms with E-state index in [2.05, 4.69) is 4.99 Å². The molecule has 13 heavy (non-hydrogen) atoms. The Labute approximate surface area is 78.2 Å². The summed E-state index contributed by atoms with van der Waals surface area (Å²) in [6, 6.07) is 0. The molecule has 1 saturated carbocycles. The van der Waals surface area contributed by atoms with Crippen LogP contribution in [0.5, 0.6) is 0 Å². The van der Waals surface area contributed by atoms with E-state index in [1.54, 1.807) is 0 Å². The van der Waals surface area contributed by atoms with E-state index in [9.17, 15) is 4.79 Å². The molecule has 1 fully saturated rings. The molecule has 0 atom stereocenters. The van der Waals surface area contributed by atoms with E-state index in [4.69, 9.17) is 4.74 Å². The van der Waals surface area contributed by atoms with Gasteiger partial charge in [-0.05, 0) is 12.8 Å². The van der Waals surface area contributed by atoms with E-state index in [1.165, 1.54) is 12.8 Å². The van der Waals surface area contributed by atoms with Crippen LogP contribution in [0.1, 0.15) is 32.1 Å². The molecule has 3 heteroatoms. The van der Waals surface area contributed by atoms with Crippen molar-refractivity contribution in [3.63, 3.8) is 0 Å². The van der Waals surface area contributed by atoms with Crippen LogP contribution in [-0.2, 0) is 9.53 Å². The molecule has 0 N–H and O–H groups in total. The Morgan fingerprint density at radius 1 is 1.46 bits per heavy atom. The third kappa shape index (κ3) is 2.08. The smallest absolute Gasteiger partial charge is 0.190 e. The van der Waals surface area contributed by atoms with Gasteiger partial charge in [0.05, 0.1) is 13.0 Å². The molecule has 0 bridgehead atoms. The van der Waals surface area contributed by atoms with Crippen molar-refractivity contribution in [2.75, 3.05) is 13.2 Å². The molecule has 0 unspecified atom stereocenters. The molecule has 2 rings (SSSR count). The van der Waals surface area contributed by atoms with Crippen LogP contribution >= 0.6 is 0 Å². The Hall–Kier alpha value is -0.860. The first-order valence-electron chi connectivity index (χ1n) is 5.05. The highest BCUT2D eigenvalue weighted by Crippen LogP contribution is 2.26. The van der Waals surface area contributed by atoms with Gasteiger partial charge in [0.25, 0.3) is 0 Å². The van der Waals surface area contributed by atoms with Crippen LogP contribution in [0.15, 0.2) is 4.99 Å². The van der Waals surface area contributed by atoms with Gasteiger partial charge in [-0.25, -0.2) is 0 Å². The summed E-state index contributed by atoms with van der Waals surface area (Å²) in [6.45, 7) is 1.39. The number of rotatable bonds is 3. The van der Waals surface area contributed by atoms with Crippen LogP contribution in [0.2, 0.25) is 0 Å². The van der Waals surface area contributed by atoms with E-state index in [0.717, 1.165) is 19.4 Å². The van der Waals surface area contributed by atoms with Gasteiger partial charge in [0.2, 0.25) is 0 Å². The normalized spacial score (nSPS) is 22.9. The lowest BCUT2D eigenvalue weighted by Crippen LogP contribution is -2.15. The van der Waals surface area contributed by atoms with E-state index >= 15 is 0 Å². The first kappa shape index (κ1) is 8.73. The van der Waals surface area contributed by atoms with Crippen molar-refractivity contribution in [2.45, 2.75) is 32.1 Å². The summed E-state index contributed by atoms with van der Waals surface area (Å²) < 4.78 is 5.21. The zero-order valence-corrected chi connectivity index (χ0v) is 7.79. The monoisotopic (exact) mass is 181 g/mol. The summed E-state index contributed by atoms with van der Waals surface area (Å²) in [5, 5.41) is 0. The van der Waals surface area contributed by atoms with Gasteiger partial charge in [0, 0.05) is 5.92 Å². The number of carbonyl (C=O) groups excluding carboxylic acids is 1. The number of hydrogen-bond acceptors (Lipinski definition) is 3. The molecular weight excluding hydrogens is 166 g/mol. The van der Waals surface area contributed by atoms with Gasteiger partial charge in [0.15, 0.2) is 5.90 Å². The van der Waals surface area contributed by atoms with E-state index < -0.39 is 0 Å². The molecule has 0 radical (unpaired) electrons. The van der Waals surface area contributed by atoms with Gasteiger partial charge in [0.1, 0.15) is 12.4 Å². The van der Waals surface area contributed by atoms with Crippen molar-refractivity contribution in [3.05, 3.63) is 0 Å². The van der Waals surface area contributed by atoms with Gasteiger partial charge >= 0.3 is 0 Å². The average Bonchev–Trinajstić information content (AvgIpc) is 2.74. The molecule has 0 saturated heterocycles. The number of Topliss-reactive ketones (excluding diaryl/α,β-unsaturated/α-hetero) is 1.